The zero-order chi connectivity index (χ0) is 16.9. The van der Waals surface area contributed by atoms with Crippen LogP contribution in [0.1, 0.15) is 17.5 Å². The predicted octanol–water partition coefficient (Wildman–Crippen LogP) is 3.06. The van der Waals surface area contributed by atoms with Gasteiger partial charge in [0.25, 0.3) is 0 Å². The van der Waals surface area contributed by atoms with E-state index < -0.39 is 0 Å². The number of amides is 1. The molecule has 0 spiro atoms. The molecule has 0 radical (unpaired) electrons. The van der Waals surface area contributed by atoms with Crippen LogP contribution >= 0.6 is 0 Å². The molecule has 5 nitrogen and oxygen atoms in total. The van der Waals surface area contributed by atoms with E-state index in [1.807, 2.05) is 35.1 Å². The first kappa shape index (κ1) is 16.1. The standard InChI is InChI=1S/C19H21N3O2/c1-14-6-7-16-13-21-22(18(16)10-14)9-8-19(23)20-12-15-4-3-5-17(11-15)24-2/h3-7,10-11,13H,8-9,12H2,1-2H3,(H,20,23). The fraction of sp³-hybridized carbons (Fsp3) is 0.263. The molecule has 2 aromatic carbocycles. The third kappa shape index (κ3) is 3.74. The summed E-state index contributed by atoms with van der Waals surface area (Å²) in [6.07, 6.45) is 2.23. The molecule has 1 aromatic heterocycles. The quantitative estimate of drug-likeness (QED) is 0.758. The Bertz CT molecular complexity index is 855. The number of carbonyl (C=O) groups is 1. The molecule has 24 heavy (non-hydrogen) atoms. The highest BCUT2D eigenvalue weighted by atomic mass is 16.5. The van der Waals surface area contributed by atoms with Crippen molar-refractivity contribution >= 4 is 16.8 Å². The minimum Gasteiger partial charge on any atom is -0.497 e. The molecule has 1 N–H and O–H groups in total. The number of rotatable bonds is 6. The Labute approximate surface area is 141 Å². The lowest BCUT2D eigenvalue weighted by Gasteiger charge is -2.08. The molecule has 0 aliphatic heterocycles. The molecule has 0 aliphatic rings. The van der Waals surface area contributed by atoms with Gasteiger partial charge in [-0.15, -0.1) is 0 Å². The SMILES string of the molecule is COc1cccc(CNC(=O)CCn2ncc3ccc(C)cc32)c1. The van der Waals surface area contributed by atoms with Gasteiger partial charge >= 0.3 is 0 Å². The molecule has 0 atom stereocenters. The maximum absolute atomic E-state index is 12.1. The average molecular weight is 323 g/mol. The van der Waals surface area contributed by atoms with E-state index in [4.69, 9.17) is 4.74 Å². The van der Waals surface area contributed by atoms with Crippen molar-refractivity contribution < 1.29 is 9.53 Å². The summed E-state index contributed by atoms with van der Waals surface area (Å²) in [5, 5.41) is 8.40. The summed E-state index contributed by atoms with van der Waals surface area (Å²) in [4.78, 5) is 12.1. The van der Waals surface area contributed by atoms with E-state index in [1.54, 1.807) is 7.11 Å². The molecule has 0 fully saturated rings. The van der Waals surface area contributed by atoms with Crippen LogP contribution in [0.5, 0.6) is 5.75 Å². The topological polar surface area (TPSA) is 56.1 Å². The molecule has 0 aliphatic carbocycles. The van der Waals surface area contributed by atoms with E-state index >= 15 is 0 Å². The van der Waals surface area contributed by atoms with Gasteiger partial charge in [-0.3, -0.25) is 9.48 Å². The third-order valence-electron chi connectivity index (χ3n) is 3.97. The van der Waals surface area contributed by atoms with Crippen LogP contribution in [0, 0.1) is 6.92 Å². The lowest BCUT2D eigenvalue weighted by Crippen LogP contribution is -2.24. The van der Waals surface area contributed by atoms with E-state index in [2.05, 4.69) is 35.5 Å². The Morgan fingerprint density at radius 1 is 1.25 bits per heavy atom. The van der Waals surface area contributed by atoms with Gasteiger partial charge in [0.15, 0.2) is 0 Å². The van der Waals surface area contributed by atoms with E-state index in [0.29, 0.717) is 19.5 Å². The number of nitrogens with one attached hydrogen (secondary N) is 1. The molecule has 0 unspecified atom stereocenters. The van der Waals surface area contributed by atoms with Crippen molar-refractivity contribution in [2.24, 2.45) is 0 Å². The molecule has 0 saturated carbocycles. The average Bonchev–Trinajstić information content (AvgIpc) is 3.00. The lowest BCUT2D eigenvalue weighted by molar-refractivity contribution is -0.121. The van der Waals surface area contributed by atoms with Gasteiger partial charge < -0.3 is 10.1 Å². The van der Waals surface area contributed by atoms with E-state index in [9.17, 15) is 4.79 Å². The summed E-state index contributed by atoms with van der Waals surface area (Å²) in [5.74, 6) is 0.800. The highest BCUT2D eigenvalue weighted by molar-refractivity contribution is 5.80. The molecule has 0 bridgehead atoms. The molecular formula is C19H21N3O2. The van der Waals surface area contributed by atoms with Crippen molar-refractivity contribution in [2.45, 2.75) is 26.4 Å². The first-order valence-electron chi connectivity index (χ1n) is 7.97. The number of fused-ring (bicyclic) bond motifs is 1. The molecule has 1 heterocycles. The second-order valence-corrected chi connectivity index (χ2v) is 5.81. The molecular weight excluding hydrogens is 302 g/mol. The number of methoxy groups -OCH3 is 1. The minimum atomic E-state index is 0.00845. The van der Waals surface area contributed by atoms with Gasteiger partial charge in [-0.25, -0.2) is 0 Å². The summed E-state index contributed by atoms with van der Waals surface area (Å²) in [7, 11) is 1.63. The number of aryl methyl sites for hydroxylation is 2. The van der Waals surface area contributed by atoms with Crippen LogP contribution in [0.15, 0.2) is 48.7 Å². The van der Waals surface area contributed by atoms with Crippen molar-refractivity contribution in [3.63, 3.8) is 0 Å². The largest absolute Gasteiger partial charge is 0.497 e. The fourth-order valence-corrected chi connectivity index (χ4v) is 2.64. The van der Waals surface area contributed by atoms with Gasteiger partial charge in [-0.05, 0) is 36.2 Å². The number of hydrogen-bond acceptors (Lipinski definition) is 3. The van der Waals surface area contributed by atoms with Gasteiger partial charge in [0, 0.05) is 18.4 Å². The van der Waals surface area contributed by atoms with Crippen molar-refractivity contribution in [1.82, 2.24) is 15.1 Å². The number of carbonyl (C=O) groups excluding carboxylic acids is 1. The van der Waals surface area contributed by atoms with Gasteiger partial charge in [0.1, 0.15) is 5.75 Å². The smallest absolute Gasteiger partial charge is 0.222 e. The molecule has 1 amide bonds. The summed E-state index contributed by atoms with van der Waals surface area (Å²) < 4.78 is 7.07. The first-order chi connectivity index (χ1) is 11.7. The summed E-state index contributed by atoms with van der Waals surface area (Å²) >= 11 is 0. The van der Waals surface area contributed by atoms with Crippen LogP contribution in [0.3, 0.4) is 0 Å². The number of benzene rings is 2. The molecule has 5 heteroatoms. The summed E-state index contributed by atoms with van der Waals surface area (Å²) in [5.41, 5.74) is 3.27. The van der Waals surface area contributed by atoms with Crippen LogP contribution in [0.2, 0.25) is 0 Å². The number of nitrogens with zero attached hydrogens (tertiary/aromatic N) is 2. The third-order valence-corrected chi connectivity index (χ3v) is 3.97. The Hall–Kier alpha value is -2.82. The van der Waals surface area contributed by atoms with E-state index in [1.165, 1.54) is 5.56 Å². The van der Waals surface area contributed by atoms with Crippen molar-refractivity contribution in [3.05, 3.63) is 59.8 Å². The lowest BCUT2D eigenvalue weighted by atomic mass is 10.2. The fourth-order valence-electron chi connectivity index (χ4n) is 2.64. The normalized spacial score (nSPS) is 10.8. The summed E-state index contributed by atoms with van der Waals surface area (Å²) in [6.45, 7) is 3.11. The van der Waals surface area contributed by atoms with E-state index in [0.717, 1.165) is 22.2 Å². The van der Waals surface area contributed by atoms with Gasteiger partial charge in [-0.1, -0.05) is 24.3 Å². The molecule has 3 aromatic rings. The molecule has 3 rings (SSSR count). The summed E-state index contributed by atoms with van der Waals surface area (Å²) in [6, 6.07) is 13.9. The maximum atomic E-state index is 12.1. The van der Waals surface area contributed by atoms with Crippen molar-refractivity contribution in [1.29, 1.82) is 0 Å². The Morgan fingerprint density at radius 2 is 2.12 bits per heavy atom. The van der Waals surface area contributed by atoms with Crippen LogP contribution in [0.4, 0.5) is 0 Å². The predicted molar refractivity (Wildman–Crippen MR) is 93.9 cm³/mol. The Kier molecular flexibility index (Phi) is 4.79. The molecule has 124 valence electrons. The number of aromatic nitrogens is 2. The van der Waals surface area contributed by atoms with Crippen LogP contribution in [-0.2, 0) is 17.9 Å². The molecule has 0 saturated heterocycles. The Morgan fingerprint density at radius 3 is 2.96 bits per heavy atom. The highest BCUT2D eigenvalue weighted by Crippen LogP contribution is 2.16. The van der Waals surface area contributed by atoms with Gasteiger partial charge in [0.05, 0.1) is 25.4 Å². The second-order valence-electron chi connectivity index (χ2n) is 5.81. The zero-order valence-corrected chi connectivity index (χ0v) is 14.0. The van der Waals surface area contributed by atoms with Gasteiger partial charge in [-0.2, -0.15) is 5.10 Å². The zero-order valence-electron chi connectivity index (χ0n) is 14.0. The minimum absolute atomic E-state index is 0.00845. The number of hydrogen-bond donors (Lipinski definition) is 1. The number of ether oxygens (including phenoxy) is 1. The van der Waals surface area contributed by atoms with Gasteiger partial charge in [0.2, 0.25) is 5.91 Å². The van der Waals surface area contributed by atoms with E-state index in [-0.39, 0.29) is 5.91 Å². The Balaban J connectivity index is 1.56. The van der Waals surface area contributed by atoms with Crippen LogP contribution < -0.4 is 10.1 Å². The maximum Gasteiger partial charge on any atom is 0.222 e. The van der Waals surface area contributed by atoms with Crippen molar-refractivity contribution in [2.75, 3.05) is 7.11 Å². The first-order valence-corrected chi connectivity index (χ1v) is 7.97. The van der Waals surface area contributed by atoms with Crippen LogP contribution in [0.25, 0.3) is 10.9 Å². The highest BCUT2D eigenvalue weighted by Gasteiger charge is 2.06. The van der Waals surface area contributed by atoms with Crippen molar-refractivity contribution in [3.8, 4) is 5.75 Å². The monoisotopic (exact) mass is 323 g/mol. The van der Waals surface area contributed by atoms with Crippen LogP contribution in [-0.4, -0.2) is 22.8 Å². The second kappa shape index (κ2) is 7.17.